The first-order valence-corrected chi connectivity index (χ1v) is 7.05. The summed E-state index contributed by atoms with van der Waals surface area (Å²) in [6.45, 7) is 5.67. The molecule has 0 saturated carbocycles. The molecule has 0 spiro atoms. The van der Waals surface area contributed by atoms with Crippen LogP contribution in [0.15, 0.2) is 17.6 Å². The Morgan fingerprint density at radius 1 is 1.37 bits per heavy atom. The topological polar surface area (TPSA) is 80.0 Å². The van der Waals surface area contributed by atoms with Crippen LogP contribution in [-0.4, -0.2) is 23.0 Å². The minimum absolute atomic E-state index is 0.0484. The molecule has 0 bridgehead atoms. The summed E-state index contributed by atoms with van der Waals surface area (Å²) in [7, 11) is 0. The van der Waals surface area contributed by atoms with Gasteiger partial charge in [0, 0.05) is 6.04 Å². The Labute approximate surface area is 116 Å². The van der Waals surface area contributed by atoms with Crippen molar-refractivity contribution >= 4 is 38.8 Å². The molecule has 0 aliphatic rings. The molecule has 0 saturated heterocycles. The van der Waals surface area contributed by atoms with Crippen molar-refractivity contribution in [1.29, 1.82) is 0 Å². The SMILES string of the molecule is CC(C)NC(=O)C(C)Nc1ccc2scnc2c1N. The molecule has 5 nitrogen and oxygen atoms in total. The monoisotopic (exact) mass is 278 g/mol. The fraction of sp³-hybridized carbons (Fsp3) is 0.385. The van der Waals surface area contributed by atoms with Gasteiger partial charge in [0.25, 0.3) is 0 Å². The molecule has 0 aliphatic carbocycles. The number of fused-ring (bicyclic) bond motifs is 1. The van der Waals surface area contributed by atoms with Crippen LogP contribution in [0.1, 0.15) is 20.8 Å². The van der Waals surface area contributed by atoms with Crippen LogP contribution >= 0.6 is 11.3 Å². The molecule has 0 radical (unpaired) electrons. The van der Waals surface area contributed by atoms with E-state index in [9.17, 15) is 4.79 Å². The number of rotatable bonds is 4. The molecule has 0 fully saturated rings. The van der Waals surface area contributed by atoms with Crippen LogP contribution < -0.4 is 16.4 Å². The van der Waals surface area contributed by atoms with E-state index in [-0.39, 0.29) is 18.0 Å². The number of thiazole rings is 1. The average molecular weight is 278 g/mol. The molecule has 102 valence electrons. The lowest BCUT2D eigenvalue weighted by Gasteiger charge is -2.18. The first-order valence-electron chi connectivity index (χ1n) is 6.17. The maximum Gasteiger partial charge on any atom is 0.242 e. The summed E-state index contributed by atoms with van der Waals surface area (Å²) >= 11 is 1.55. The predicted molar refractivity (Wildman–Crippen MR) is 80.4 cm³/mol. The van der Waals surface area contributed by atoms with Crippen molar-refractivity contribution in [3.63, 3.8) is 0 Å². The Hall–Kier alpha value is -1.82. The van der Waals surface area contributed by atoms with E-state index < -0.39 is 0 Å². The summed E-state index contributed by atoms with van der Waals surface area (Å²) in [5.74, 6) is -0.0484. The number of nitrogens with one attached hydrogen (secondary N) is 2. The molecule has 1 aromatic carbocycles. The third-order valence-electron chi connectivity index (χ3n) is 2.74. The number of carbonyl (C=O) groups is 1. The highest BCUT2D eigenvalue weighted by molar-refractivity contribution is 7.16. The predicted octanol–water partition coefficient (Wildman–Crippen LogP) is 2.20. The fourth-order valence-corrected chi connectivity index (χ4v) is 2.48. The molecule has 1 amide bonds. The number of amides is 1. The number of hydrogen-bond donors (Lipinski definition) is 3. The second-order valence-electron chi connectivity index (χ2n) is 4.76. The van der Waals surface area contributed by atoms with E-state index in [1.165, 1.54) is 0 Å². The number of aromatic nitrogens is 1. The highest BCUT2D eigenvalue weighted by atomic mass is 32.1. The minimum atomic E-state index is -0.346. The van der Waals surface area contributed by atoms with E-state index in [1.807, 2.05) is 32.9 Å². The van der Waals surface area contributed by atoms with Gasteiger partial charge in [-0.1, -0.05) is 0 Å². The number of benzene rings is 1. The highest BCUT2D eigenvalue weighted by Gasteiger charge is 2.15. The molecule has 2 aromatic rings. The summed E-state index contributed by atoms with van der Waals surface area (Å²) in [6.07, 6.45) is 0. The Morgan fingerprint density at radius 3 is 2.79 bits per heavy atom. The Morgan fingerprint density at radius 2 is 2.11 bits per heavy atom. The highest BCUT2D eigenvalue weighted by Crippen LogP contribution is 2.30. The van der Waals surface area contributed by atoms with Gasteiger partial charge < -0.3 is 16.4 Å². The van der Waals surface area contributed by atoms with E-state index in [2.05, 4.69) is 15.6 Å². The van der Waals surface area contributed by atoms with E-state index in [0.717, 1.165) is 15.9 Å². The van der Waals surface area contributed by atoms with Gasteiger partial charge in [0.1, 0.15) is 11.6 Å². The quantitative estimate of drug-likeness (QED) is 0.749. The van der Waals surface area contributed by atoms with Crippen molar-refractivity contribution in [3.05, 3.63) is 17.6 Å². The van der Waals surface area contributed by atoms with E-state index in [1.54, 1.807) is 16.8 Å². The molecule has 4 N–H and O–H groups in total. The van der Waals surface area contributed by atoms with Crippen LogP contribution in [-0.2, 0) is 4.79 Å². The molecule has 2 rings (SSSR count). The Balaban J connectivity index is 2.16. The first-order chi connectivity index (χ1) is 8.99. The second kappa shape index (κ2) is 5.44. The van der Waals surface area contributed by atoms with Crippen molar-refractivity contribution in [2.24, 2.45) is 0 Å². The molecule has 1 unspecified atom stereocenters. The van der Waals surface area contributed by atoms with Crippen molar-refractivity contribution in [1.82, 2.24) is 10.3 Å². The van der Waals surface area contributed by atoms with Crippen molar-refractivity contribution < 1.29 is 4.79 Å². The van der Waals surface area contributed by atoms with Crippen LogP contribution in [0.4, 0.5) is 11.4 Å². The van der Waals surface area contributed by atoms with Gasteiger partial charge in [-0.3, -0.25) is 4.79 Å². The summed E-state index contributed by atoms with van der Waals surface area (Å²) in [5, 5.41) is 5.98. The minimum Gasteiger partial charge on any atom is -0.395 e. The lowest BCUT2D eigenvalue weighted by molar-refractivity contribution is -0.122. The van der Waals surface area contributed by atoms with Gasteiger partial charge in [0.05, 0.1) is 21.6 Å². The number of nitrogen functional groups attached to an aromatic ring is 1. The third-order valence-corrected chi connectivity index (χ3v) is 3.53. The van der Waals surface area contributed by atoms with Gasteiger partial charge in [-0.05, 0) is 32.9 Å². The third kappa shape index (κ3) is 2.96. The fourth-order valence-electron chi connectivity index (χ4n) is 1.79. The van der Waals surface area contributed by atoms with E-state index in [4.69, 9.17) is 5.73 Å². The van der Waals surface area contributed by atoms with Crippen molar-refractivity contribution in [3.8, 4) is 0 Å². The van der Waals surface area contributed by atoms with Gasteiger partial charge in [-0.15, -0.1) is 11.3 Å². The van der Waals surface area contributed by atoms with Gasteiger partial charge in [0.2, 0.25) is 5.91 Å². The Bertz CT molecular complexity index is 593. The van der Waals surface area contributed by atoms with Crippen molar-refractivity contribution in [2.45, 2.75) is 32.9 Å². The largest absolute Gasteiger partial charge is 0.395 e. The number of hydrogen-bond acceptors (Lipinski definition) is 5. The zero-order valence-corrected chi connectivity index (χ0v) is 12.0. The van der Waals surface area contributed by atoms with Crippen LogP contribution in [0.3, 0.4) is 0 Å². The molecule has 6 heteroatoms. The number of nitrogens with zero attached hydrogens (tertiary/aromatic N) is 1. The summed E-state index contributed by atoms with van der Waals surface area (Å²) in [6, 6.07) is 3.62. The number of carbonyl (C=O) groups excluding carboxylic acids is 1. The van der Waals surface area contributed by atoms with Crippen LogP contribution in [0.5, 0.6) is 0 Å². The van der Waals surface area contributed by atoms with E-state index >= 15 is 0 Å². The van der Waals surface area contributed by atoms with Gasteiger partial charge in [0.15, 0.2) is 0 Å². The zero-order valence-electron chi connectivity index (χ0n) is 11.2. The number of nitrogens with two attached hydrogens (primary N) is 1. The standard InChI is InChI=1S/C13H18N4OS/c1-7(2)16-13(18)8(3)17-9-4-5-10-12(11(9)14)15-6-19-10/h4-8,17H,14H2,1-3H3,(H,16,18). The lowest BCUT2D eigenvalue weighted by Crippen LogP contribution is -2.41. The van der Waals surface area contributed by atoms with Crippen LogP contribution in [0.2, 0.25) is 0 Å². The smallest absolute Gasteiger partial charge is 0.242 e. The summed E-state index contributed by atoms with van der Waals surface area (Å²) in [5.41, 5.74) is 9.94. The normalized spacial score (nSPS) is 12.6. The molecule has 19 heavy (non-hydrogen) atoms. The first kappa shape index (κ1) is 13.6. The second-order valence-corrected chi connectivity index (χ2v) is 5.64. The Kier molecular flexibility index (Phi) is 3.90. The molecule has 1 atom stereocenters. The van der Waals surface area contributed by atoms with Crippen molar-refractivity contribution in [2.75, 3.05) is 11.1 Å². The number of anilines is 2. The van der Waals surface area contributed by atoms with Crippen LogP contribution in [0, 0.1) is 0 Å². The van der Waals surface area contributed by atoms with Gasteiger partial charge in [-0.25, -0.2) is 4.98 Å². The average Bonchev–Trinajstić information content (AvgIpc) is 2.80. The zero-order chi connectivity index (χ0) is 14.0. The molecule has 0 aliphatic heterocycles. The summed E-state index contributed by atoms with van der Waals surface area (Å²) in [4.78, 5) is 16.1. The molecule has 1 aromatic heterocycles. The maximum absolute atomic E-state index is 11.9. The molecule has 1 heterocycles. The van der Waals surface area contributed by atoms with Crippen LogP contribution in [0.25, 0.3) is 10.2 Å². The van der Waals surface area contributed by atoms with E-state index in [0.29, 0.717) is 5.69 Å². The van der Waals surface area contributed by atoms with Gasteiger partial charge >= 0.3 is 0 Å². The maximum atomic E-state index is 11.9. The summed E-state index contributed by atoms with van der Waals surface area (Å²) < 4.78 is 1.04. The molecular weight excluding hydrogens is 260 g/mol. The van der Waals surface area contributed by atoms with Gasteiger partial charge in [-0.2, -0.15) is 0 Å². The molecular formula is C13H18N4OS. The lowest BCUT2D eigenvalue weighted by atomic mass is 10.2.